The molecule has 16 heavy (non-hydrogen) atoms. The zero-order valence-electron chi connectivity index (χ0n) is 9.19. The van der Waals surface area contributed by atoms with Gasteiger partial charge in [0, 0.05) is 19.7 Å². The number of nitrogen functional groups attached to an aromatic ring is 1. The van der Waals surface area contributed by atoms with Gasteiger partial charge in [0.25, 0.3) is 0 Å². The summed E-state index contributed by atoms with van der Waals surface area (Å²) >= 11 is 0. The fraction of sp³-hybridized carbons (Fsp3) is 0.600. The first kappa shape index (κ1) is 11.1. The van der Waals surface area contributed by atoms with Crippen LogP contribution in [0.4, 0.5) is 16.2 Å². The van der Waals surface area contributed by atoms with Gasteiger partial charge in [0.2, 0.25) is 5.95 Å². The fourth-order valence-corrected chi connectivity index (χ4v) is 1.78. The maximum atomic E-state index is 13.6. The Kier molecular flexibility index (Phi) is 3.19. The van der Waals surface area contributed by atoms with E-state index < -0.39 is 5.82 Å². The van der Waals surface area contributed by atoms with Gasteiger partial charge in [-0.2, -0.15) is 4.98 Å². The summed E-state index contributed by atoms with van der Waals surface area (Å²) in [6, 6.07) is 0. The molecule has 2 N–H and O–H groups in total. The van der Waals surface area contributed by atoms with E-state index in [0.29, 0.717) is 13.2 Å². The number of hydrogen-bond acceptors (Lipinski definition) is 5. The molecule has 0 aliphatic carbocycles. The molecule has 6 heteroatoms. The van der Waals surface area contributed by atoms with Gasteiger partial charge in [-0.05, 0) is 13.3 Å². The highest BCUT2D eigenvalue weighted by Crippen LogP contribution is 2.19. The predicted octanol–water partition coefficient (Wildman–Crippen LogP) is 0.813. The van der Waals surface area contributed by atoms with Crippen molar-refractivity contribution in [3.05, 3.63) is 12.0 Å². The average molecular weight is 226 g/mol. The maximum Gasteiger partial charge on any atom is 0.222 e. The van der Waals surface area contributed by atoms with Gasteiger partial charge in [-0.25, -0.2) is 9.37 Å². The number of nitrogens with zero attached hydrogens (tertiary/aromatic N) is 3. The summed E-state index contributed by atoms with van der Waals surface area (Å²) in [5.41, 5.74) is 5.46. The number of rotatable bonds is 1. The first-order chi connectivity index (χ1) is 7.66. The van der Waals surface area contributed by atoms with E-state index in [0.717, 1.165) is 19.2 Å². The quantitative estimate of drug-likeness (QED) is 0.767. The number of anilines is 2. The van der Waals surface area contributed by atoms with Crippen molar-refractivity contribution < 1.29 is 9.13 Å². The molecule has 0 amide bonds. The minimum Gasteiger partial charge on any atom is -0.377 e. The number of aromatic nitrogens is 2. The smallest absolute Gasteiger partial charge is 0.222 e. The molecular formula is C10H15FN4O. The van der Waals surface area contributed by atoms with E-state index in [-0.39, 0.29) is 17.9 Å². The van der Waals surface area contributed by atoms with Crippen LogP contribution in [0.3, 0.4) is 0 Å². The lowest BCUT2D eigenvalue weighted by Gasteiger charge is -2.23. The molecule has 0 radical (unpaired) electrons. The number of hydrogen-bond donors (Lipinski definition) is 1. The highest BCUT2D eigenvalue weighted by molar-refractivity contribution is 5.42. The highest BCUT2D eigenvalue weighted by Gasteiger charge is 2.19. The second kappa shape index (κ2) is 4.61. The van der Waals surface area contributed by atoms with Crippen molar-refractivity contribution in [2.45, 2.75) is 19.4 Å². The summed E-state index contributed by atoms with van der Waals surface area (Å²) in [6.07, 6.45) is 2.03. The molecule has 0 spiro atoms. The van der Waals surface area contributed by atoms with Crippen molar-refractivity contribution in [3.63, 3.8) is 0 Å². The second-order valence-corrected chi connectivity index (χ2v) is 3.88. The van der Waals surface area contributed by atoms with Gasteiger partial charge in [-0.3, -0.25) is 0 Å². The van der Waals surface area contributed by atoms with E-state index in [4.69, 9.17) is 10.5 Å². The Morgan fingerprint density at radius 3 is 3.25 bits per heavy atom. The Labute approximate surface area is 93.4 Å². The first-order valence-electron chi connectivity index (χ1n) is 5.31. The topological polar surface area (TPSA) is 64.3 Å². The third kappa shape index (κ3) is 2.38. The molecule has 88 valence electrons. The standard InChI is InChI=1S/C10H15FN4O/c1-7-6-15(3-2-4-16-7)9-8(11)5-13-10(12)14-9/h5,7H,2-4,6H2,1H3,(H2,12,13,14). The van der Waals surface area contributed by atoms with Crippen LogP contribution in [0.1, 0.15) is 13.3 Å². The van der Waals surface area contributed by atoms with E-state index in [1.54, 1.807) is 0 Å². The number of halogens is 1. The molecule has 5 nitrogen and oxygen atoms in total. The van der Waals surface area contributed by atoms with Crippen LogP contribution in [0, 0.1) is 5.82 Å². The van der Waals surface area contributed by atoms with Crippen LogP contribution in [0.2, 0.25) is 0 Å². The molecule has 1 unspecified atom stereocenters. The lowest BCUT2D eigenvalue weighted by molar-refractivity contribution is 0.0820. The van der Waals surface area contributed by atoms with Crippen LogP contribution in [0.25, 0.3) is 0 Å². The predicted molar refractivity (Wildman–Crippen MR) is 58.6 cm³/mol. The van der Waals surface area contributed by atoms with Crippen LogP contribution in [-0.4, -0.2) is 35.8 Å². The molecule has 1 saturated heterocycles. The van der Waals surface area contributed by atoms with Crippen molar-refractivity contribution in [2.24, 2.45) is 0 Å². The summed E-state index contributed by atoms with van der Waals surface area (Å²) in [6.45, 7) is 3.99. The lowest BCUT2D eigenvalue weighted by Crippen LogP contribution is -2.31. The summed E-state index contributed by atoms with van der Waals surface area (Å²) in [4.78, 5) is 9.40. The fourth-order valence-electron chi connectivity index (χ4n) is 1.78. The largest absolute Gasteiger partial charge is 0.377 e. The summed E-state index contributed by atoms with van der Waals surface area (Å²) < 4.78 is 19.0. The van der Waals surface area contributed by atoms with Gasteiger partial charge < -0.3 is 15.4 Å². The molecule has 0 saturated carbocycles. The molecule has 1 aliphatic rings. The monoisotopic (exact) mass is 226 g/mol. The Morgan fingerprint density at radius 1 is 1.62 bits per heavy atom. The van der Waals surface area contributed by atoms with E-state index in [9.17, 15) is 4.39 Å². The minimum atomic E-state index is -0.441. The van der Waals surface area contributed by atoms with E-state index >= 15 is 0 Å². The molecule has 1 aromatic rings. The molecule has 0 aromatic carbocycles. The maximum absolute atomic E-state index is 13.6. The number of nitrogens with two attached hydrogens (primary N) is 1. The highest BCUT2D eigenvalue weighted by atomic mass is 19.1. The Bertz CT molecular complexity index is 374. The van der Waals surface area contributed by atoms with Crippen LogP contribution < -0.4 is 10.6 Å². The van der Waals surface area contributed by atoms with E-state index in [1.807, 2.05) is 11.8 Å². The van der Waals surface area contributed by atoms with Crippen molar-refractivity contribution in [1.82, 2.24) is 9.97 Å². The minimum absolute atomic E-state index is 0.0677. The van der Waals surface area contributed by atoms with Crippen molar-refractivity contribution in [3.8, 4) is 0 Å². The summed E-state index contributed by atoms with van der Waals surface area (Å²) in [5.74, 6) is -0.0811. The molecule has 1 aliphatic heterocycles. The second-order valence-electron chi connectivity index (χ2n) is 3.88. The van der Waals surface area contributed by atoms with Crippen molar-refractivity contribution in [2.75, 3.05) is 30.3 Å². The van der Waals surface area contributed by atoms with Crippen LogP contribution >= 0.6 is 0 Å². The van der Waals surface area contributed by atoms with E-state index in [2.05, 4.69) is 9.97 Å². The molecule has 0 bridgehead atoms. The van der Waals surface area contributed by atoms with Crippen LogP contribution in [0.15, 0.2) is 6.20 Å². The van der Waals surface area contributed by atoms with Crippen LogP contribution in [0.5, 0.6) is 0 Å². The zero-order valence-corrected chi connectivity index (χ0v) is 9.19. The van der Waals surface area contributed by atoms with Gasteiger partial charge in [0.05, 0.1) is 12.3 Å². The SMILES string of the molecule is CC1CN(c2nc(N)ncc2F)CCCO1. The third-order valence-electron chi connectivity index (χ3n) is 2.50. The summed E-state index contributed by atoms with van der Waals surface area (Å²) in [5, 5.41) is 0. The van der Waals surface area contributed by atoms with E-state index in [1.165, 1.54) is 0 Å². The first-order valence-corrected chi connectivity index (χ1v) is 5.31. The van der Waals surface area contributed by atoms with Gasteiger partial charge >= 0.3 is 0 Å². The molecule has 1 atom stereocenters. The molecule has 2 heterocycles. The van der Waals surface area contributed by atoms with Gasteiger partial charge in [0.1, 0.15) is 0 Å². The molecule has 1 aromatic heterocycles. The third-order valence-corrected chi connectivity index (χ3v) is 2.50. The number of ether oxygens (including phenoxy) is 1. The molecular weight excluding hydrogens is 211 g/mol. The van der Waals surface area contributed by atoms with Crippen molar-refractivity contribution >= 4 is 11.8 Å². The normalized spacial score (nSPS) is 21.9. The average Bonchev–Trinajstić information content (AvgIpc) is 2.46. The Balaban J connectivity index is 2.24. The molecule has 1 fully saturated rings. The van der Waals surface area contributed by atoms with Crippen LogP contribution in [-0.2, 0) is 4.74 Å². The lowest BCUT2D eigenvalue weighted by atomic mass is 10.3. The van der Waals surface area contributed by atoms with Gasteiger partial charge in [-0.1, -0.05) is 0 Å². The Hall–Kier alpha value is -1.43. The van der Waals surface area contributed by atoms with Gasteiger partial charge in [-0.15, -0.1) is 0 Å². The molecule has 2 rings (SSSR count). The summed E-state index contributed by atoms with van der Waals surface area (Å²) in [7, 11) is 0. The van der Waals surface area contributed by atoms with Crippen molar-refractivity contribution in [1.29, 1.82) is 0 Å². The zero-order chi connectivity index (χ0) is 11.5. The van der Waals surface area contributed by atoms with Gasteiger partial charge in [0.15, 0.2) is 11.6 Å². The Morgan fingerprint density at radius 2 is 2.44 bits per heavy atom.